The summed E-state index contributed by atoms with van der Waals surface area (Å²) in [4.78, 5) is 14.8. The van der Waals surface area contributed by atoms with E-state index in [1.54, 1.807) is 6.26 Å². The molecule has 0 radical (unpaired) electrons. The van der Waals surface area contributed by atoms with E-state index in [0.717, 1.165) is 62.2 Å². The van der Waals surface area contributed by atoms with E-state index in [9.17, 15) is 4.79 Å². The van der Waals surface area contributed by atoms with Crippen LogP contribution < -0.4 is 10.6 Å². The first-order valence-electron chi connectivity index (χ1n) is 9.75. The molecule has 3 rings (SSSR count). The predicted molar refractivity (Wildman–Crippen MR) is 106 cm³/mol. The number of nitrogens with one attached hydrogen (secondary N) is 2. The number of fused-ring (bicyclic) bond motifs is 1. The van der Waals surface area contributed by atoms with Crippen molar-refractivity contribution in [1.82, 2.24) is 15.5 Å². The smallest absolute Gasteiger partial charge is 0.224 e. The van der Waals surface area contributed by atoms with Crippen molar-refractivity contribution in [3.05, 3.63) is 35.1 Å². The Kier molecular flexibility index (Phi) is 6.33. The van der Waals surface area contributed by atoms with E-state index >= 15 is 0 Å². The van der Waals surface area contributed by atoms with Gasteiger partial charge in [-0.1, -0.05) is 13.8 Å². The molecule has 1 aromatic heterocycles. The molecule has 1 aromatic carbocycles. The first-order chi connectivity index (χ1) is 12.5. The van der Waals surface area contributed by atoms with Crippen molar-refractivity contribution in [1.29, 1.82) is 0 Å². The van der Waals surface area contributed by atoms with Gasteiger partial charge in [0.1, 0.15) is 5.58 Å². The van der Waals surface area contributed by atoms with Crippen LogP contribution in [0.4, 0.5) is 0 Å². The molecule has 2 heterocycles. The van der Waals surface area contributed by atoms with E-state index in [1.165, 1.54) is 11.1 Å². The number of aryl methyl sites for hydroxylation is 1. The SMILES string of the molecule is Cc1cc2occ(CC(=O)NCCCN3CCNCC3)c2cc1C(C)C. The average molecular weight is 357 g/mol. The van der Waals surface area contributed by atoms with Crippen LogP contribution in [-0.2, 0) is 11.2 Å². The number of nitrogens with zero attached hydrogens (tertiary/aromatic N) is 1. The molecule has 1 aliphatic rings. The first kappa shape index (κ1) is 18.9. The lowest BCUT2D eigenvalue weighted by molar-refractivity contribution is -0.120. The van der Waals surface area contributed by atoms with Gasteiger partial charge >= 0.3 is 0 Å². The van der Waals surface area contributed by atoms with Crippen molar-refractivity contribution >= 4 is 16.9 Å². The van der Waals surface area contributed by atoms with E-state index in [0.29, 0.717) is 12.3 Å². The number of rotatable bonds is 7. The minimum Gasteiger partial charge on any atom is -0.464 e. The third-order valence-electron chi connectivity index (χ3n) is 5.20. The highest BCUT2D eigenvalue weighted by atomic mass is 16.3. The maximum Gasteiger partial charge on any atom is 0.224 e. The van der Waals surface area contributed by atoms with Crippen LogP contribution >= 0.6 is 0 Å². The highest BCUT2D eigenvalue weighted by molar-refractivity contribution is 5.88. The Morgan fingerprint density at radius 1 is 1.31 bits per heavy atom. The summed E-state index contributed by atoms with van der Waals surface area (Å²) in [6.45, 7) is 12.6. The first-order valence-corrected chi connectivity index (χ1v) is 9.75. The Morgan fingerprint density at radius 3 is 2.81 bits per heavy atom. The minimum atomic E-state index is 0.0692. The summed E-state index contributed by atoms with van der Waals surface area (Å²) in [5.74, 6) is 0.528. The molecule has 1 fully saturated rings. The standard InChI is InChI=1S/C21H31N3O2/c1-15(2)18-13-19-17(14-26-20(19)11-16(18)3)12-21(25)23-5-4-8-24-9-6-22-7-10-24/h11,13-15,22H,4-10,12H2,1-3H3,(H,23,25). The quantitative estimate of drug-likeness (QED) is 0.748. The van der Waals surface area contributed by atoms with Crippen molar-refractivity contribution in [3.8, 4) is 0 Å². The molecule has 142 valence electrons. The second-order valence-electron chi connectivity index (χ2n) is 7.59. The maximum atomic E-state index is 12.3. The molecule has 1 amide bonds. The number of benzene rings is 1. The summed E-state index contributed by atoms with van der Waals surface area (Å²) in [6, 6.07) is 4.27. The van der Waals surface area contributed by atoms with E-state index in [2.05, 4.69) is 48.4 Å². The number of carbonyl (C=O) groups excluding carboxylic acids is 1. The maximum absolute atomic E-state index is 12.3. The van der Waals surface area contributed by atoms with Gasteiger partial charge in [0.2, 0.25) is 5.91 Å². The Hall–Kier alpha value is -1.85. The van der Waals surface area contributed by atoms with Gasteiger partial charge < -0.3 is 20.0 Å². The predicted octanol–water partition coefficient (Wildman–Crippen LogP) is 2.82. The summed E-state index contributed by atoms with van der Waals surface area (Å²) in [5, 5.41) is 7.47. The summed E-state index contributed by atoms with van der Waals surface area (Å²) in [5.41, 5.74) is 4.40. The summed E-state index contributed by atoms with van der Waals surface area (Å²) >= 11 is 0. The molecule has 0 atom stereocenters. The monoisotopic (exact) mass is 357 g/mol. The van der Waals surface area contributed by atoms with Crippen LogP contribution in [0, 0.1) is 6.92 Å². The topological polar surface area (TPSA) is 57.5 Å². The van der Waals surface area contributed by atoms with Crippen LogP contribution in [0.3, 0.4) is 0 Å². The zero-order valence-corrected chi connectivity index (χ0v) is 16.2. The minimum absolute atomic E-state index is 0.0692. The number of carbonyl (C=O) groups is 1. The molecule has 0 bridgehead atoms. The van der Waals surface area contributed by atoms with Gasteiger partial charge in [-0.05, 0) is 49.1 Å². The zero-order chi connectivity index (χ0) is 18.5. The molecule has 5 heteroatoms. The lowest BCUT2D eigenvalue weighted by Gasteiger charge is -2.27. The summed E-state index contributed by atoms with van der Waals surface area (Å²) in [7, 11) is 0. The molecular weight excluding hydrogens is 326 g/mol. The molecule has 5 nitrogen and oxygen atoms in total. The largest absolute Gasteiger partial charge is 0.464 e. The normalized spacial score (nSPS) is 15.7. The fourth-order valence-electron chi connectivity index (χ4n) is 3.70. The molecule has 0 spiro atoms. The van der Waals surface area contributed by atoms with E-state index in [4.69, 9.17) is 4.42 Å². The third-order valence-corrected chi connectivity index (χ3v) is 5.20. The van der Waals surface area contributed by atoms with Gasteiger partial charge in [0, 0.05) is 43.7 Å². The second-order valence-corrected chi connectivity index (χ2v) is 7.59. The molecule has 1 saturated heterocycles. The summed E-state index contributed by atoms with van der Waals surface area (Å²) in [6.07, 6.45) is 3.10. The van der Waals surface area contributed by atoms with Gasteiger partial charge in [0.15, 0.2) is 0 Å². The lowest BCUT2D eigenvalue weighted by Crippen LogP contribution is -2.44. The van der Waals surface area contributed by atoms with Gasteiger partial charge in [-0.25, -0.2) is 0 Å². The van der Waals surface area contributed by atoms with Crippen LogP contribution in [0.5, 0.6) is 0 Å². The number of hydrogen-bond donors (Lipinski definition) is 2. The van der Waals surface area contributed by atoms with Crippen molar-refractivity contribution in [2.45, 2.75) is 39.5 Å². The van der Waals surface area contributed by atoms with Gasteiger partial charge in [0.05, 0.1) is 12.7 Å². The highest BCUT2D eigenvalue weighted by Gasteiger charge is 2.14. The number of amides is 1. The third kappa shape index (κ3) is 4.65. The van der Waals surface area contributed by atoms with E-state index < -0.39 is 0 Å². The molecule has 1 aliphatic heterocycles. The number of piperazine rings is 1. The Bertz CT molecular complexity index is 745. The van der Waals surface area contributed by atoms with Gasteiger partial charge in [-0.3, -0.25) is 4.79 Å². The molecule has 2 aromatic rings. The zero-order valence-electron chi connectivity index (χ0n) is 16.2. The molecule has 26 heavy (non-hydrogen) atoms. The van der Waals surface area contributed by atoms with Crippen molar-refractivity contribution in [3.63, 3.8) is 0 Å². The van der Waals surface area contributed by atoms with Gasteiger partial charge in [-0.15, -0.1) is 0 Å². The van der Waals surface area contributed by atoms with Crippen LogP contribution in [0.1, 0.15) is 42.9 Å². The molecule has 0 saturated carbocycles. The van der Waals surface area contributed by atoms with Crippen LogP contribution in [-0.4, -0.2) is 50.1 Å². The fourth-order valence-corrected chi connectivity index (χ4v) is 3.70. The van der Waals surface area contributed by atoms with Crippen molar-refractivity contribution in [2.75, 3.05) is 39.3 Å². The van der Waals surface area contributed by atoms with Gasteiger partial charge in [0.25, 0.3) is 0 Å². The van der Waals surface area contributed by atoms with Crippen LogP contribution in [0.2, 0.25) is 0 Å². The Balaban J connectivity index is 1.53. The van der Waals surface area contributed by atoms with Crippen LogP contribution in [0.15, 0.2) is 22.8 Å². The molecular formula is C21H31N3O2. The Morgan fingerprint density at radius 2 is 2.08 bits per heavy atom. The summed E-state index contributed by atoms with van der Waals surface area (Å²) < 4.78 is 5.68. The molecule has 0 aliphatic carbocycles. The van der Waals surface area contributed by atoms with Crippen molar-refractivity contribution in [2.24, 2.45) is 0 Å². The van der Waals surface area contributed by atoms with E-state index in [1.807, 2.05) is 0 Å². The average Bonchev–Trinajstić information content (AvgIpc) is 3.00. The lowest BCUT2D eigenvalue weighted by atomic mass is 9.95. The number of hydrogen-bond acceptors (Lipinski definition) is 4. The van der Waals surface area contributed by atoms with Crippen LogP contribution in [0.25, 0.3) is 11.0 Å². The highest BCUT2D eigenvalue weighted by Crippen LogP contribution is 2.29. The second kappa shape index (κ2) is 8.69. The van der Waals surface area contributed by atoms with Gasteiger partial charge in [-0.2, -0.15) is 0 Å². The van der Waals surface area contributed by atoms with Crippen molar-refractivity contribution < 1.29 is 9.21 Å². The fraction of sp³-hybridized carbons (Fsp3) is 0.571. The molecule has 0 unspecified atom stereocenters. The Labute approximate surface area is 156 Å². The molecule has 2 N–H and O–H groups in total. The van der Waals surface area contributed by atoms with E-state index in [-0.39, 0.29) is 5.91 Å². The number of furan rings is 1.